The number of carbonyl (C=O) groups is 1. The SMILES string of the molecule is NC(=O)c1c2c(cn(-c3ccccc3)c1=O)CCO2. The number of aromatic nitrogens is 1. The number of para-hydroxylation sites is 1. The van der Waals surface area contributed by atoms with Gasteiger partial charge in [-0.25, -0.2) is 0 Å². The number of primary amides is 1. The Balaban J connectivity index is 2.31. The number of carbonyl (C=O) groups excluding carboxylic acids is 1. The largest absolute Gasteiger partial charge is 0.492 e. The molecule has 5 heteroatoms. The number of fused-ring (bicyclic) bond motifs is 1. The van der Waals surface area contributed by atoms with Crippen molar-refractivity contribution in [3.8, 4) is 11.4 Å². The topological polar surface area (TPSA) is 74.3 Å². The van der Waals surface area contributed by atoms with Crippen LogP contribution in [0.25, 0.3) is 5.69 Å². The predicted octanol–water partition coefficient (Wildman–Crippen LogP) is 0.871. The summed E-state index contributed by atoms with van der Waals surface area (Å²) in [4.78, 5) is 23.8. The number of hydrogen-bond acceptors (Lipinski definition) is 3. The maximum Gasteiger partial charge on any atom is 0.271 e. The molecule has 0 saturated heterocycles. The number of nitrogens with two attached hydrogens (primary N) is 1. The number of benzene rings is 1. The minimum absolute atomic E-state index is 0.0705. The Hall–Kier alpha value is -2.56. The molecule has 0 unspecified atom stereocenters. The fourth-order valence-electron chi connectivity index (χ4n) is 2.25. The van der Waals surface area contributed by atoms with Crippen molar-refractivity contribution in [3.05, 3.63) is 58.0 Å². The van der Waals surface area contributed by atoms with Gasteiger partial charge in [0.05, 0.1) is 6.61 Å². The van der Waals surface area contributed by atoms with E-state index in [4.69, 9.17) is 10.5 Å². The summed E-state index contributed by atoms with van der Waals surface area (Å²) in [6.45, 7) is 0.466. The lowest BCUT2D eigenvalue weighted by Crippen LogP contribution is -2.29. The molecule has 2 N–H and O–H groups in total. The van der Waals surface area contributed by atoms with Crippen LogP contribution in [0.2, 0.25) is 0 Å². The van der Waals surface area contributed by atoms with Gasteiger partial charge in [-0.1, -0.05) is 18.2 Å². The van der Waals surface area contributed by atoms with Crippen molar-refractivity contribution in [2.75, 3.05) is 6.61 Å². The van der Waals surface area contributed by atoms with Gasteiger partial charge in [-0.2, -0.15) is 0 Å². The minimum atomic E-state index is -0.756. The van der Waals surface area contributed by atoms with Crippen LogP contribution in [0.3, 0.4) is 0 Å². The van der Waals surface area contributed by atoms with Crippen LogP contribution in [0.5, 0.6) is 5.75 Å². The molecule has 19 heavy (non-hydrogen) atoms. The molecule has 3 rings (SSSR count). The number of rotatable bonds is 2. The molecular formula is C14H12N2O3. The van der Waals surface area contributed by atoms with Gasteiger partial charge in [0.2, 0.25) is 0 Å². The van der Waals surface area contributed by atoms with Crippen molar-refractivity contribution in [1.29, 1.82) is 0 Å². The van der Waals surface area contributed by atoms with E-state index < -0.39 is 11.5 Å². The van der Waals surface area contributed by atoms with Gasteiger partial charge in [0, 0.05) is 23.9 Å². The first-order valence-corrected chi connectivity index (χ1v) is 5.95. The third-order valence-electron chi connectivity index (χ3n) is 3.13. The molecule has 0 atom stereocenters. The maximum atomic E-state index is 12.4. The molecule has 0 fully saturated rings. The number of ether oxygens (including phenoxy) is 1. The van der Waals surface area contributed by atoms with E-state index in [-0.39, 0.29) is 5.56 Å². The summed E-state index contributed by atoms with van der Waals surface area (Å²) in [5, 5.41) is 0. The standard InChI is InChI=1S/C14H12N2O3/c15-13(17)11-12-9(6-7-19-12)8-16(14(11)18)10-4-2-1-3-5-10/h1-5,8H,6-7H2,(H2,15,17). The second kappa shape index (κ2) is 4.28. The Bertz CT molecular complexity index is 705. The predicted molar refractivity (Wildman–Crippen MR) is 69.8 cm³/mol. The molecule has 1 aromatic heterocycles. The molecule has 1 aliphatic rings. The van der Waals surface area contributed by atoms with E-state index in [1.807, 2.05) is 18.2 Å². The van der Waals surface area contributed by atoms with E-state index in [0.717, 1.165) is 5.56 Å². The van der Waals surface area contributed by atoms with E-state index in [9.17, 15) is 9.59 Å². The van der Waals surface area contributed by atoms with Crippen molar-refractivity contribution in [2.45, 2.75) is 6.42 Å². The molecule has 96 valence electrons. The Morgan fingerprint density at radius 1 is 1.26 bits per heavy atom. The van der Waals surface area contributed by atoms with Crippen LogP contribution in [0.4, 0.5) is 0 Å². The summed E-state index contributed by atoms with van der Waals surface area (Å²) in [5.74, 6) is -0.418. The number of hydrogen-bond donors (Lipinski definition) is 1. The van der Waals surface area contributed by atoms with Crippen LogP contribution in [-0.2, 0) is 6.42 Å². The van der Waals surface area contributed by atoms with Crippen LogP contribution < -0.4 is 16.0 Å². The number of pyridine rings is 1. The highest BCUT2D eigenvalue weighted by molar-refractivity contribution is 5.96. The molecule has 2 heterocycles. The highest BCUT2D eigenvalue weighted by atomic mass is 16.5. The van der Waals surface area contributed by atoms with Gasteiger partial charge < -0.3 is 10.5 Å². The molecule has 0 spiro atoms. The van der Waals surface area contributed by atoms with Crippen molar-refractivity contribution in [2.24, 2.45) is 5.73 Å². The lowest BCUT2D eigenvalue weighted by molar-refractivity contribution is 0.0995. The van der Waals surface area contributed by atoms with E-state index in [0.29, 0.717) is 24.5 Å². The smallest absolute Gasteiger partial charge is 0.271 e. The van der Waals surface area contributed by atoms with E-state index in [1.54, 1.807) is 18.3 Å². The van der Waals surface area contributed by atoms with Gasteiger partial charge >= 0.3 is 0 Å². The summed E-state index contributed by atoms with van der Waals surface area (Å²) in [6, 6.07) is 9.12. The third kappa shape index (κ3) is 1.79. The normalized spacial score (nSPS) is 12.8. The molecule has 1 amide bonds. The summed E-state index contributed by atoms with van der Waals surface area (Å²) in [7, 11) is 0. The molecular weight excluding hydrogens is 244 g/mol. The van der Waals surface area contributed by atoms with Crippen LogP contribution in [0.15, 0.2) is 41.3 Å². The summed E-state index contributed by atoms with van der Waals surface area (Å²) >= 11 is 0. The van der Waals surface area contributed by atoms with Crippen molar-refractivity contribution >= 4 is 5.91 Å². The van der Waals surface area contributed by atoms with E-state index >= 15 is 0 Å². The molecule has 0 saturated carbocycles. The fourth-order valence-corrected chi connectivity index (χ4v) is 2.25. The minimum Gasteiger partial charge on any atom is -0.492 e. The van der Waals surface area contributed by atoms with Gasteiger partial charge in [0.1, 0.15) is 11.3 Å². The first kappa shape index (κ1) is 11.5. The lowest BCUT2D eigenvalue weighted by atomic mass is 10.1. The molecule has 2 aromatic rings. The number of nitrogens with zero attached hydrogens (tertiary/aromatic N) is 1. The monoisotopic (exact) mass is 256 g/mol. The Labute approximate surface area is 109 Å². The van der Waals surface area contributed by atoms with Crippen LogP contribution in [0, 0.1) is 0 Å². The second-order valence-corrected chi connectivity index (χ2v) is 4.33. The van der Waals surface area contributed by atoms with E-state index in [1.165, 1.54) is 4.57 Å². The van der Waals surface area contributed by atoms with Crippen LogP contribution in [0.1, 0.15) is 15.9 Å². The summed E-state index contributed by atoms with van der Waals surface area (Å²) in [6.07, 6.45) is 2.38. The Kier molecular flexibility index (Phi) is 2.59. The van der Waals surface area contributed by atoms with Gasteiger partial charge in [-0.15, -0.1) is 0 Å². The zero-order chi connectivity index (χ0) is 13.4. The van der Waals surface area contributed by atoms with Crippen LogP contribution >= 0.6 is 0 Å². The number of amides is 1. The highest BCUT2D eigenvalue weighted by Crippen LogP contribution is 2.27. The van der Waals surface area contributed by atoms with Crippen LogP contribution in [-0.4, -0.2) is 17.1 Å². The quantitative estimate of drug-likeness (QED) is 0.866. The first-order chi connectivity index (χ1) is 9.18. The van der Waals surface area contributed by atoms with Crippen molar-refractivity contribution in [1.82, 2.24) is 4.57 Å². The second-order valence-electron chi connectivity index (χ2n) is 4.33. The molecule has 0 radical (unpaired) electrons. The van der Waals surface area contributed by atoms with Gasteiger partial charge in [0.25, 0.3) is 11.5 Å². The van der Waals surface area contributed by atoms with Gasteiger partial charge in [-0.05, 0) is 12.1 Å². The van der Waals surface area contributed by atoms with Gasteiger partial charge in [0.15, 0.2) is 0 Å². The molecule has 1 aliphatic heterocycles. The van der Waals surface area contributed by atoms with E-state index in [2.05, 4.69) is 0 Å². The highest BCUT2D eigenvalue weighted by Gasteiger charge is 2.25. The fraction of sp³-hybridized carbons (Fsp3) is 0.143. The molecule has 5 nitrogen and oxygen atoms in total. The van der Waals surface area contributed by atoms with Gasteiger partial charge in [-0.3, -0.25) is 14.2 Å². The average Bonchev–Trinajstić information content (AvgIpc) is 2.86. The first-order valence-electron chi connectivity index (χ1n) is 5.95. The zero-order valence-corrected chi connectivity index (χ0v) is 10.1. The molecule has 0 bridgehead atoms. The zero-order valence-electron chi connectivity index (χ0n) is 10.1. The summed E-state index contributed by atoms with van der Waals surface area (Å²) in [5.41, 5.74) is 6.32. The Morgan fingerprint density at radius 2 is 2.00 bits per heavy atom. The van der Waals surface area contributed by atoms with Crippen molar-refractivity contribution in [3.63, 3.8) is 0 Å². The Morgan fingerprint density at radius 3 is 2.68 bits per heavy atom. The summed E-state index contributed by atoms with van der Waals surface area (Å²) < 4.78 is 6.79. The third-order valence-corrected chi connectivity index (χ3v) is 3.13. The molecule has 1 aromatic carbocycles. The molecule has 0 aliphatic carbocycles. The lowest BCUT2D eigenvalue weighted by Gasteiger charge is -2.10. The van der Waals surface area contributed by atoms with Crippen molar-refractivity contribution < 1.29 is 9.53 Å². The maximum absolute atomic E-state index is 12.4. The average molecular weight is 256 g/mol.